The highest BCUT2D eigenvalue weighted by Gasteiger charge is 2.17. The Balaban J connectivity index is 2.09. The lowest BCUT2D eigenvalue weighted by Crippen LogP contribution is -2.30. The molecule has 0 radical (unpaired) electrons. The van der Waals surface area contributed by atoms with E-state index in [2.05, 4.69) is 56.1 Å². The summed E-state index contributed by atoms with van der Waals surface area (Å²) < 4.78 is 5.82. The minimum Gasteiger partial charge on any atom is -0.491 e. The molecule has 20 heavy (non-hydrogen) atoms. The van der Waals surface area contributed by atoms with E-state index in [1.807, 2.05) is 0 Å². The van der Waals surface area contributed by atoms with Crippen LogP contribution in [0.3, 0.4) is 0 Å². The number of hydrogen-bond donors (Lipinski definition) is 1. The Morgan fingerprint density at radius 2 is 1.95 bits per heavy atom. The molecule has 1 atom stereocenters. The zero-order valence-electron chi connectivity index (χ0n) is 13.3. The lowest BCUT2D eigenvalue weighted by Gasteiger charge is -2.28. The molecule has 0 aromatic heterocycles. The summed E-state index contributed by atoms with van der Waals surface area (Å²) >= 11 is 0. The molecule has 0 bridgehead atoms. The van der Waals surface area contributed by atoms with Crippen molar-refractivity contribution in [3.05, 3.63) is 29.3 Å². The number of rotatable bonds is 4. The zero-order chi connectivity index (χ0) is 14.5. The van der Waals surface area contributed by atoms with Crippen molar-refractivity contribution in [2.75, 3.05) is 26.2 Å². The van der Waals surface area contributed by atoms with Crippen LogP contribution in [0.5, 0.6) is 5.75 Å². The average Bonchev–Trinajstić information content (AvgIpc) is 2.68. The average molecular weight is 276 g/mol. The van der Waals surface area contributed by atoms with Gasteiger partial charge in [-0.2, -0.15) is 0 Å². The molecule has 1 heterocycles. The highest BCUT2D eigenvalue weighted by atomic mass is 16.5. The Morgan fingerprint density at radius 1 is 1.15 bits per heavy atom. The van der Waals surface area contributed by atoms with Crippen LogP contribution >= 0.6 is 0 Å². The number of benzene rings is 1. The molecule has 112 valence electrons. The molecule has 1 aromatic rings. The van der Waals surface area contributed by atoms with Crippen molar-refractivity contribution in [1.82, 2.24) is 10.2 Å². The number of ether oxygens (including phenoxy) is 1. The third kappa shape index (κ3) is 3.97. The van der Waals surface area contributed by atoms with Crippen LogP contribution in [0.4, 0.5) is 0 Å². The van der Waals surface area contributed by atoms with Gasteiger partial charge in [0.2, 0.25) is 0 Å². The fourth-order valence-corrected chi connectivity index (χ4v) is 2.78. The van der Waals surface area contributed by atoms with Gasteiger partial charge in [-0.3, -0.25) is 4.90 Å². The molecule has 0 saturated carbocycles. The molecule has 2 rings (SSSR count). The molecule has 0 amide bonds. The monoisotopic (exact) mass is 276 g/mol. The van der Waals surface area contributed by atoms with Crippen molar-refractivity contribution in [2.45, 2.75) is 46.3 Å². The van der Waals surface area contributed by atoms with Crippen LogP contribution in [0.25, 0.3) is 0 Å². The van der Waals surface area contributed by atoms with Gasteiger partial charge in [0.25, 0.3) is 0 Å². The third-order valence-corrected chi connectivity index (χ3v) is 3.97. The normalized spacial score (nSPS) is 18.9. The fourth-order valence-electron chi connectivity index (χ4n) is 2.78. The summed E-state index contributed by atoms with van der Waals surface area (Å²) in [5, 5.41) is 3.46. The fraction of sp³-hybridized carbons (Fsp3) is 0.647. The molecule has 1 aliphatic rings. The largest absolute Gasteiger partial charge is 0.491 e. The summed E-state index contributed by atoms with van der Waals surface area (Å²) in [4.78, 5) is 2.57. The first-order valence-electron chi connectivity index (χ1n) is 7.80. The summed E-state index contributed by atoms with van der Waals surface area (Å²) in [6.45, 7) is 13.1. The van der Waals surface area contributed by atoms with Crippen LogP contribution < -0.4 is 10.1 Å². The maximum atomic E-state index is 5.82. The van der Waals surface area contributed by atoms with E-state index in [-0.39, 0.29) is 6.10 Å². The quantitative estimate of drug-likeness (QED) is 0.914. The van der Waals surface area contributed by atoms with Gasteiger partial charge < -0.3 is 10.1 Å². The predicted octanol–water partition coefficient (Wildman–Crippen LogP) is 3.14. The van der Waals surface area contributed by atoms with Crippen molar-refractivity contribution >= 4 is 0 Å². The molecule has 0 spiro atoms. The second kappa shape index (κ2) is 7.09. The van der Waals surface area contributed by atoms with Crippen LogP contribution in [-0.4, -0.2) is 37.2 Å². The van der Waals surface area contributed by atoms with Gasteiger partial charge in [-0.15, -0.1) is 0 Å². The van der Waals surface area contributed by atoms with E-state index in [1.165, 1.54) is 24.1 Å². The van der Waals surface area contributed by atoms with Crippen LogP contribution in [0.1, 0.15) is 44.4 Å². The van der Waals surface area contributed by atoms with Gasteiger partial charge in [-0.05, 0) is 64.4 Å². The van der Waals surface area contributed by atoms with Crippen molar-refractivity contribution < 1.29 is 4.74 Å². The van der Waals surface area contributed by atoms with Gasteiger partial charge in [0.1, 0.15) is 5.75 Å². The zero-order valence-corrected chi connectivity index (χ0v) is 13.3. The molecular formula is C17H28N2O. The number of hydrogen-bond acceptors (Lipinski definition) is 3. The molecular weight excluding hydrogens is 248 g/mol. The highest BCUT2D eigenvalue weighted by Crippen LogP contribution is 2.27. The molecule has 3 nitrogen and oxygen atoms in total. The van der Waals surface area contributed by atoms with Crippen LogP contribution in [0.15, 0.2) is 18.2 Å². The number of aryl methyl sites for hydroxylation is 1. The predicted molar refractivity (Wildman–Crippen MR) is 84.4 cm³/mol. The summed E-state index contributed by atoms with van der Waals surface area (Å²) in [6.07, 6.45) is 1.46. The first-order valence-corrected chi connectivity index (χ1v) is 7.80. The minimum absolute atomic E-state index is 0.230. The highest BCUT2D eigenvalue weighted by molar-refractivity contribution is 5.37. The molecule has 0 aliphatic carbocycles. The molecule has 1 fully saturated rings. The number of nitrogens with zero attached hydrogens (tertiary/aromatic N) is 1. The number of nitrogens with one attached hydrogen (secondary N) is 1. The van der Waals surface area contributed by atoms with E-state index >= 15 is 0 Å². The molecule has 1 N–H and O–H groups in total. The van der Waals surface area contributed by atoms with Crippen LogP contribution in [-0.2, 0) is 0 Å². The van der Waals surface area contributed by atoms with Gasteiger partial charge in [-0.25, -0.2) is 0 Å². The lowest BCUT2D eigenvalue weighted by atomic mass is 10.0. The Kier molecular flexibility index (Phi) is 5.44. The first-order chi connectivity index (χ1) is 9.58. The van der Waals surface area contributed by atoms with E-state index in [0.717, 1.165) is 25.4 Å². The Hall–Kier alpha value is -1.06. The SMILES string of the molecule is Cc1cc(C(C)N2CCCNCC2)ccc1OC(C)C. The van der Waals surface area contributed by atoms with E-state index in [9.17, 15) is 0 Å². The Bertz CT molecular complexity index is 423. The third-order valence-electron chi connectivity index (χ3n) is 3.97. The van der Waals surface area contributed by atoms with Crippen molar-refractivity contribution in [3.8, 4) is 5.75 Å². The Morgan fingerprint density at radius 3 is 2.65 bits per heavy atom. The van der Waals surface area contributed by atoms with E-state index in [4.69, 9.17) is 4.74 Å². The lowest BCUT2D eigenvalue weighted by molar-refractivity contribution is 0.224. The second-order valence-electron chi connectivity index (χ2n) is 6.01. The first kappa shape index (κ1) is 15.3. The maximum Gasteiger partial charge on any atom is 0.122 e. The van der Waals surface area contributed by atoms with Crippen molar-refractivity contribution in [1.29, 1.82) is 0 Å². The molecule has 1 aliphatic heterocycles. The van der Waals surface area contributed by atoms with Gasteiger partial charge in [0.15, 0.2) is 0 Å². The van der Waals surface area contributed by atoms with Crippen molar-refractivity contribution in [3.63, 3.8) is 0 Å². The van der Waals surface area contributed by atoms with E-state index in [1.54, 1.807) is 0 Å². The van der Waals surface area contributed by atoms with Crippen molar-refractivity contribution in [2.24, 2.45) is 0 Å². The topological polar surface area (TPSA) is 24.5 Å². The van der Waals surface area contributed by atoms with Gasteiger partial charge in [-0.1, -0.05) is 12.1 Å². The van der Waals surface area contributed by atoms with Gasteiger partial charge >= 0.3 is 0 Å². The minimum atomic E-state index is 0.230. The maximum absolute atomic E-state index is 5.82. The van der Waals surface area contributed by atoms with Gasteiger partial charge in [0, 0.05) is 19.1 Å². The smallest absolute Gasteiger partial charge is 0.122 e. The Labute approximate surface area is 123 Å². The molecule has 1 saturated heterocycles. The van der Waals surface area contributed by atoms with Crippen LogP contribution in [0, 0.1) is 6.92 Å². The van der Waals surface area contributed by atoms with Gasteiger partial charge in [0.05, 0.1) is 6.10 Å². The van der Waals surface area contributed by atoms with Crippen LogP contribution in [0.2, 0.25) is 0 Å². The standard InChI is InChI=1S/C17H28N2O/c1-13(2)20-17-7-6-16(12-14(17)3)15(4)19-10-5-8-18-9-11-19/h6-7,12-13,15,18H,5,8-11H2,1-4H3. The molecule has 3 heteroatoms. The summed E-state index contributed by atoms with van der Waals surface area (Å²) in [6, 6.07) is 7.09. The summed E-state index contributed by atoms with van der Waals surface area (Å²) in [7, 11) is 0. The van der Waals surface area contributed by atoms with E-state index in [0.29, 0.717) is 6.04 Å². The van der Waals surface area contributed by atoms with E-state index < -0.39 is 0 Å². The summed E-state index contributed by atoms with van der Waals surface area (Å²) in [5.41, 5.74) is 2.62. The summed E-state index contributed by atoms with van der Waals surface area (Å²) in [5.74, 6) is 1.01. The molecule has 1 aromatic carbocycles. The second-order valence-corrected chi connectivity index (χ2v) is 6.01. The molecule has 1 unspecified atom stereocenters.